The second-order valence-corrected chi connectivity index (χ2v) is 9.47. The van der Waals surface area contributed by atoms with E-state index >= 15 is 0 Å². The van der Waals surface area contributed by atoms with E-state index in [4.69, 9.17) is 16.3 Å². The number of halogens is 4. The number of hydrazine groups is 1. The van der Waals surface area contributed by atoms with Gasteiger partial charge in [-0.2, -0.15) is 0 Å². The van der Waals surface area contributed by atoms with E-state index in [1.807, 2.05) is 6.07 Å². The Hall–Kier alpha value is -1.99. The highest BCUT2D eigenvalue weighted by molar-refractivity contribution is 7.22. The molecular weight excluding hydrogens is 485 g/mol. The number of carbonyl (C=O) groups excluding carboxylic acids is 2. The zero-order valence-electron chi connectivity index (χ0n) is 17.4. The fourth-order valence-corrected chi connectivity index (χ4v) is 4.77. The Balaban J connectivity index is 1.14. The largest absolute Gasteiger partial charge is 0.522 e. The number of fused-ring (bicyclic) bond motifs is 1. The summed E-state index contributed by atoms with van der Waals surface area (Å²) in [6.45, 7) is 0.736. The molecule has 1 aliphatic carbocycles. The van der Waals surface area contributed by atoms with Crippen molar-refractivity contribution in [1.29, 1.82) is 0 Å². The second kappa shape index (κ2) is 10.1. The van der Waals surface area contributed by atoms with Crippen LogP contribution < -0.4 is 10.7 Å². The summed E-state index contributed by atoms with van der Waals surface area (Å²) in [6.07, 6.45) is -4.66. The first-order valence-electron chi connectivity index (χ1n) is 10.4. The van der Waals surface area contributed by atoms with Gasteiger partial charge < -0.3 is 10.1 Å². The fraction of sp³-hybridized carbons (Fsp3) is 0.550. The monoisotopic (exact) mass is 506 g/mol. The molecule has 0 bridgehead atoms. The van der Waals surface area contributed by atoms with Crippen LogP contribution in [0.1, 0.15) is 25.7 Å². The molecule has 33 heavy (non-hydrogen) atoms. The van der Waals surface area contributed by atoms with E-state index in [9.17, 15) is 22.8 Å². The predicted molar refractivity (Wildman–Crippen MR) is 116 cm³/mol. The van der Waals surface area contributed by atoms with Crippen molar-refractivity contribution in [2.75, 3.05) is 25.0 Å². The van der Waals surface area contributed by atoms with Crippen LogP contribution in [0.3, 0.4) is 0 Å². The average Bonchev–Trinajstić information content (AvgIpc) is 3.10. The fourth-order valence-electron chi connectivity index (χ4n) is 3.76. The quantitative estimate of drug-likeness (QED) is 0.594. The molecule has 1 aliphatic heterocycles. The molecule has 2 N–H and O–H groups in total. The van der Waals surface area contributed by atoms with Crippen molar-refractivity contribution in [1.82, 2.24) is 15.4 Å². The Morgan fingerprint density at radius 2 is 1.94 bits per heavy atom. The van der Waals surface area contributed by atoms with Gasteiger partial charge in [0.05, 0.1) is 22.4 Å². The van der Waals surface area contributed by atoms with Crippen molar-refractivity contribution in [2.24, 2.45) is 5.92 Å². The van der Waals surface area contributed by atoms with Crippen LogP contribution in [0, 0.1) is 5.92 Å². The van der Waals surface area contributed by atoms with Gasteiger partial charge in [0.15, 0.2) is 5.13 Å². The van der Waals surface area contributed by atoms with Crippen LogP contribution in [0.4, 0.5) is 18.3 Å². The minimum atomic E-state index is -4.65. The zero-order valence-corrected chi connectivity index (χ0v) is 18.9. The smallest absolute Gasteiger partial charge is 0.368 e. The molecule has 8 nitrogen and oxygen atoms in total. The van der Waals surface area contributed by atoms with Crippen LogP contribution in [0.15, 0.2) is 18.2 Å². The molecule has 2 aliphatic rings. The maximum Gasteiger partial charge on any atom is 0.522 e. The molecule has 1 aromatic heterocycles. The number of anilines is 1. The number of hydrogen-bond acceptors (Lipinski definition) is 7. The Bertz CT molecular complexity index is 1010. The minimum Gasteiger partial charge on any atom is -0.368 e. The summed E-state index contributed by atoms with van der Waals surface area (Å²) in [5.74, 6) is -0.702. The molecule has 0 radical (unpaired) electrons. The zero-order chi connectivity index (χ0) is 23.6. The van der Waals surface area contributed by atoms with Crippen molar-refractivity contribution < 1.29 is 32.2 Å². The number of amides is 2. The molecule has 1 aromatic carbocycles. The summed E-state index contributed by atoms with van der Waals surface area (Å²) in [5, 5.41) is 5.67. The number of benzene rings is 1. The van der Waals surface area contributed by atoms with Crippen LogP contribution in [0.25, 0.3) is 10.2 Å². The van der Waals surface area contributed by atoms with Gasteiger partial charge in [0, 0.05) is 36.9 Å². The summed E-state index contributed by atoms with van der Waals surface area (Å²) < 4.78 is 46.5. The number of piperidine rings is 1. The Morgan fingerprint density at radius 3 is 2.64 bits per heavy atom. The normalized spacial score (nSPS) is 22.2. The lowest BCUT2D eigenvalue weighted by molar-refractivity contribution is -0.357. The first-order chi connectivity index (χ1) is 15.6. The van der Waals surface area contributed by atoms with Crippen molar-refractivity contribution in [3.05, 3.63) is 23.2 Å². The SMILES string of the molecule is O=C(CO[C@H]1C[C@@H](OC(F)(F)F)C1)NN1CCC(C(=O)Nc2nc3cc(Cl)ccc3s2)CC1. The molecule has 13 heteroatoms. The molecule has 180 valence electrons. The third-order valence-corrected chi connectivity index (χ3v) is 6.72. The van der Waals surface area contributed by atoms with E-state index in [0.29, 0.717) is 36.1 Å². The molecule has 2 fully saturated rings. The van der Waals surface area contributed by atoms with E-state index in [1.54, 1.807) is 17.1 Å². The minimum absolute atomic E-state index is 0.106. The maximum atomic E-state index is 12.6. The van der Waals surface area contributed by atoms with Gasteiger partial charge in [-0.1, -0.05) is 22.9 Å². The highest BCUT2D eigenvalue weighted by atomic mass is 35.5. The van der Waals surface area contributed by atoms with Crippen molar-refractivity contribution >= 4 is 50.1 Å². The maximum absolute atomic E-state index is 12.6. The van der Waals surface area contributed by atoms with E-state index < -0.39 is 18.6 Å². The molecule has 4 rings (SSSR count). The summed E-state index contributed by atoms with van der Waals surface area (Å²) >= 11 is 7.35. The van der Waals surface area contributed by atoms with E-state index in [2.05, 4.69) is 20.5 Å². The lowest BCUT2D eigenvalue weighted by Gasteiger charge is -2.35. The number of ether oxygens (including phenoxy) is 2. The standard InChI is InChI=1S/C20H22ClF3N4O4S/c21-12-1-2-16-15(7-12)25-19(33-16)26-18(30)11-3-5-28(6-4-11)27-17(29)10-31-13-8-14(9-13)32-20(22,23)24/h1-2,7,11,13-14H,3-6,8-10H2,(H,27,29)(H,25,26,30)/t13-,14+. The first-order valence-corrected chi connectivity index (χ1v) is 11.6. The van der Waals surface area contributed by atoms with Gasteiger partial charge in [0.25, 0.3) is 5.91 Å². The number of hydrogen-bond donors (Lipinski definition) is 2. The first kappa shape index (κ1) is 24.1. The number of aromatic nitrogens is 1. The third kappa shape index (κ3) is 6.76. The molecule has 0 atom stereocenters. The van der Waals surface area contributed by atoms with Gasteiger partial charge in [0.1, 0.15) is 6.61 Å². The summed E-state index contributed by atoms with van der Waals surface area (Å²) in [5.41, 5.74) is 3.44. The number of thiazole rings is 1. The van der Waals surface area contributed by atoms with Crippen LogP contribution in [-0.4, -0.2) is 60.1 Å². The lowest BCUT2D eigenvalue weighted by atomic mass is 9.92. The molecule has 2 aromatic rings. The highest BCUT2D eigenvalue weighted by Crippen LogP contribution is 2.32. The molecule has 2 heterocycles. The van der Waals surface area contributed by atoms with E-state index in [0.717, 1.165) is 10.2 Å². The van der Waals surface area contributed by atoms with Crippen LogP contribution in [0.2, 0.25) is 5.02 Å². The van der Waals surface area contributed by atoms with Crippen LogP contribution >= 0.6 is 22.9 Å². The van der Waals surface area contributed by atoms with Crippen LogP contribution in [0.5, 0.6) is 0 Å². The Labute approximate surface area is 196 Å². The Kier molecular flexibility index (Phi) is 7.39. The van der Waals surface area contributed by atoms with E-state index in [-0.39, 0.29) is 37.2 Å². The van der Waals surface area contributed by atoms with Gasteiger partial charge in [-0.15, -0.1) is 13.2 Å². The molecule has 1 saturated heterocycles. The van der Waals surface area contributed by atoms with Gasteiger partial charge in [-0.05, 0) is 31.0 Å². The topological polar surface area (TPSA) is 92.8 Å². The summed E-state index contributed by atoms with van der Waals surface area (Å²) in [7, 11) is 0. The number of alkyl halides is 3. The van der Waals surface area contributed by atoms with Gasteiger partial charge in [-0.25, -0.2) is 9.99 Å². The molecule has 0 unspecified atom stereocenters. The number of carbonyl (C=O) groups is 2. The second-order valence-electron chi connectivity index (χ2n) is 8.01. The molecule has 2 amide bonds. The van der Waals surface area contributed by atoms with Gasteiger partial charge >= 0.3 is 6.36 Å². The number of rotatable bonds is 7. The summed E-state index contributed by atoms with van der Waals surface area (Å²) in [4.78, 5) is 29.0. The summed E-state index contributed by atoms with van der Waals surface area (Å²) in [6, 6.07) is 5.37. The number of nitrogens with zero attached hydrogens (tertiary/aromatic N) is 2. The van der Waals surface area contributed by atoms with Crippen molar-refractivity contribution in [3.63, 3.8) is 0 Å². The lowest BCUT2D eigenvalue weighted by Crippen LogP contribution is -2.50. The molecule has 0 spiro atoms. The third-order valence-electron chi connectivity index (χ3n) is 5.53. The Morgan fingerprint density at radius 1 is 1.21 bits per heavy atom. The van der Waals surface area contributed by atoms with Gasteiger partial charge in [0.2, 0.25) is 5.91 Å². The number of nitrogens with one attached hydrogen (secondary N) is 2. The van der Waals surface area contributed by atoms with Crippen molar-refractivity contribution in [2.45, 2.75) is 44.3 Å². The van der Waals surface area contributed by atoms with Gasteiger partial charge in [-0.3, -0.25) is 19.8 Å². The van der Waals surface area contributed by atoms with E-state index in [1.165, 1.54) is 11.3 Å². The highest BCUT2D eigenvalue weighted by Gasteiger charge is 2.40. The van der Waals surface area contributed by atoms with Crippen molar-refractivity contribution in [3.8, 4) is 0 Å². The van der Waals surface area contributed by atoms with Crippen LogP contribution in [-0.2, 0) is 19.1 Å². The molecule has 1 saturated carbocycles. The predicted octanol–water partition coefficient (Wildman–Crippen LogP) is 3.72. The average molecular weight is 507 g/mol. The molecular formula is C20H22ClF3N4O4S.